The van der Waals surface area contributed by atoms with Gasteiger partial charge in [0.05, 0.1) is 19.0 Å². The second-order valence-electron chi connectivity index (χ2n) is 6.17. The molecule has 8 nitrogen and oxygen atoms in total. The van der Waals surface area contributed by atoms with Crippen molar-refractivity contribution in [2.24, 2.45) is 5.10 Å². The van der Waals surface area contributed by atoms with E-state index in [4.69, 9.17) is 9.47 Å². The van der Waals surface area contributed by atoms with Crippen molar-refractivity contribution in [2.75, 3.05) is 32.7 Å². The van der Waals surface area contributed by atoms with Crippen LogP contribution in [-0.2, 0) is 14.3 Å². The number of benzene rings is 2. The number of ether oxygens (including phenoxy) is 2. The molecule has 0 unspecified atom stereocenters. The number of carbonyl (C=O) groups is 2. The predicted octanol–water partition coefficient (Wildman–Crippen LogP) is 2.35. The smallest absolute Gasteiger partial charge is 0.329 e. The number of aryl methyl sites for hydroxylation is 1. The Morgan fingerprint density at radius 2 is 1.86 bits per heavy atom. The van der Waals surface area contributed by atoms with Crippen LogP contribution in [0.25, 0.3) is 0 Å². The Balaban J connectivity index is 2.07. The van der Waals surface area contributed by atoms with E-state index < -0.39 is 11.8 Å². The zero-order chi connectivity index (χ0) is 21.1. The normalized spacial score (nSPS) is 10.6. The third-order valence-electron chi connectivity index (χ3n) is 4.07. The molecule has 0 fully saturated rings. The Morgan fingerprint density at radius 3 is 2.59 bits per heavy atom. The second kappa shape index (κ2) is 11.5. The average Bonchev–Trinajstić information content (AvgIpc) is 2.73. The number of nitrogens with one attached hydrogen (secondary N) is 3. The Morgan fingerprint density at radius 1 is 1.07 bits per heavy atom. The highest BCUT2D eigenvalue weighted by molar-refractivity contribution is 6.35. The Hall–Kier alpha value is -3.39. The molecule has 0 aliphatic heterocycles. The van der Waals surface area contributed by atoms with E-state index in [1.54, 1.807) is 14.2 Å². The van der Waals surface area contributed by atoms with E-state index >= 15 is 0 Å². The zero-order valence-electron chi connectivity index (χ0n) is 16.8. The number of hydrogen-bond donors (Lipinski definition) is 3. The number of hydrazone groups is 1. The van der Waals surface area contributed by atoms with E-state index in [2.05, 4.69) is 21.2 Å². The molecule has 154 valence electrons. The summed E-state index contributed by atoms with van der Waals surface area (Å²) in [5.74, 6) is -0.962. The number of para-hydroxylation sites is 2. The van der Waals surface area contributed by atoms with Crippen LogP contribution in [0.4, 0.5) is 11.4 Å². The monoisotopic (exact) mass is 398 g/mol. The molecule has 0 aliphatic carbocycles. The van der Waals surface area contributed by atoms with Crippen LogP contribution in [0.15, 0.2) is 47.6 Å². The summed E-state index contributed by atoms with van der Waals surface area (Å²) in [5, 5.41) is 9.74. The van der Waals surface area contributed by atoms with E-state index in [1.807, 2.05) is 49.4 Å². The molecule has 0 heterocycles. The molecule has 29 heavy (non-hydrogen) atoms. The number of hydrogen-bond acceptors (Lipinski definition) is 6. The van der Waals surface area contributed by atoms with Crippen LogP contribution in [0, 0.1) is 6.92 Å². The summed E-state index contributed by atoms with van der Waals surface area (Å²) in [5.41, 5.74) is 5.61. The largest absolute Gasteiger partial charge is 0.495 e. The molecule has 3 N–H and O–H groups in total. The fraction of sp³-hybridized carbons (Fsp3) is 0.286. The van der Waals surface area contributed by atoms with E-state index in [-0.39, 0.29) is 0 Å². The summed E-state index contributed by atoms with van der Waals surface area (Å²) in [6.07, 6.45) is 2.08. The zero-order valence-corrected chi connectivity index (χ0v) is 16.8. The summed E-state index contributed by atoms with van der Waals surface area (Å²) in [6.45, 7) is 2.85. The van der Waals surface area contributed by atoms with E-state index in [1.165, 1.54) is 6.21 Å². The van der Waals surface area contributed by atoms with Gasteiger partial charge in [0.1, 0.15) is 5.75 Å². The summed E-state index contributed by atoms with van der Waals surface area (Å²) in [7, 11) is 3.15. The number of carbonyl (C=O) groups excluding carboxylic acids is 2. The SMILES string of the molecule is COCCCNC(=O)C(=O)N/N=C\c1cccc(OC)c1Nc1ccccc1C. The van der Waals surface area contributed by atoms with Crippen LogP contribution in [-0.4, -0.2) is 45.4 Å². The van der Waals surface area contributed by atoms with Gasteiger partial charge in [0.15, 0.2) is 0 Å². The topological polar surface area (TPSA) is 101 Å². The third kappa shape index (κ3) is 6.62. The van der Waals surface area contributed by atoms with Crippen molar-refractivity contribution in [1.29, 1.82) is 0 Å². The molecular formula is C21H26N4O4. The minimum absolute atomic E-state index is 0.351. The highest BCUT2D eigenvalue weighted by atomic mass is 16.5. The Bertz CT molecular complexity index is 868. The summed E-state index contributed by atoms with van der Waals surface area (Å²) >= 11 is 0. The van der Waals surface area contributed by atoms with Crippen molar-refractivity contribution in [2.45, 2.75) is 13.3 Å². The van der Waals surface area contributed by atoms with E-state index in [9.17, 15) is 9.59 Å². The molecule has 2 aromatic rings. The molecule has 0 aliphatic rings. The molecule has 0 aromatic heterocycles. The molecule has 2 rings (SSSR count). The van der Waals surface area contributed by atoms with Crippen molar-refractivity contribution in [1.82, 2.24) is 10.7 Å². The fourth-order valence-electron chi connectivity index (χ4n) is 2.52. The first-order valence-electron chi connectivity index (χ1n) is 9.16. The van der Waals surface area contributed by atoms with Gasteiger partial charge in [-0.3, -0.25) is 9.59 Å². The van der Waals surface area contributed by atoms with Crippen LogP contribution < -0.4 is 20.8 Å². The van der Waals surface area contributed by atoms with Gasteiger partial charge in [0, 0.05) is 31.5 Å². The minimum Gasteiger partial charge on any atom is -0.495 e. The lowest BCUT2D eigenvalue weighted by Gasteiger charge is -2.15. The van der Waals surface area contributed by atoms with Gasteiger partial charge in [-0.25, -0.2) is 5.43 Å². The Labute approximate surface area is 170 Å². The molecule has 8 heteroatoms. The maximum Gasteiger partial charge on any atom is 0.329 e. The van der Waals surface area contributed by atoms with Crippen molar-refractivity contribution in [3.8, 4) is 5.75 Å². The van der Waals surface area contributed by atoms with Crippen LogP contribution in [0.2, 0.25) is 0 Å². The molecule has 2 amide bonds. The molecule has 0 saturated heterocycles. The lowest BCUT2D eigenvalue weighted by molar-refractivity contribution is -0.139. The van der Waals surface area contributed by atoms with E-state index in [0.717, 1.165) is 11.3 Å². The first kappa shape index (κ1) is 21.9. The summed E-state index contributed by atoms with van der Waals surface area (Å²) in [4.78, 5) is 23.6. The summed E-state index contributed by atoms with van der Waals surface area (Å²) in [6, 6.07) is 13.3. The van der Waals surface area contributed by atoms with Crippen molar-refractivity contribution >= 4 is 29.4 Å². The van der Waals surface area contributed by atoms with Gasteiger partial charge >= 0.3 is 11.8 Å². The van der Waals surface area contributed by atoms with Crippen LogP contribution >= 0.6 is 0 Å². The van der Waals surface area contributed by atoms with Crippen LogP contribution in [0.5, 0.6) is 5.75 Å². The molecule has 0 bridgehead atoms. The molecular weight excluding hydrogens is 372 g/mol. The number of nitrogens with zero attached hydrogens (tertiary/aromatic N) is 1. The molecule has 0 atom stereocenters. The lowest BCUT2D eigenvalue weighted by atomic mass is 10.1. The highest BCUT2D eigenvalue weighted by Gasteiger charge is 2.12. The Kier molecular flexibility index (Phi) is 8.65. The van der Waals surface area contributed by atoms with Crippen LogP contribution in [0.1, 0.15) is 17.5 Å². The van der Waals surface area contributed by atoms with Crippen molar-refractivity contribution < 1.29 is 19.1 Å². The van der Waals surface area contributed by atoms with Gasteiger partial charge in [0.2, 0.25) is 0 Å². The maximum atomic E-state index is 11.8. The van der Waals surface area contributed by atoms with Crippen LogP contribution in [0.3, 0.4) is 0 Å². The quantitative estimate of drug-likeness (QED) is 0.261. The first-order valence-corrected chi connectivity index (χ1v) is 9.16. The van der Waals surface area contributed by atoms with Gasteiger partial charge in [-0.05, 0) is 31.0 Å². The number of anilines is 2. The maximum absolute atomic E-state index is 11.8. The number of amides is 2. The van der Waals surface area contributed by atoms with Crippen molar-refractivity contribution in [3.63, 3.8) is 0 Å². The lowest BCUT2D eigenvalue weighted by Crippen LogP contribution is -2.38. The fourth-order valence-corrected chi connectivity index (χ4v) is 2.52. The first-order chi connectivity index (χ1) is 14.1. The minimum atomic E-state index is -0.838. The molecule has 0 saturated carbocycles. The van der Waals surface area contributed by atoms with Gasteiger partial charge in [0.25, 0.3) is 0 Å². The number of rotatable bonds is 9. The van der Waals surface area contributed by atoms with Crippen molar-refractivity contribution in [3.05, 3.63) is 53.6 Å². The molecule has 2 aromatic carbocycles. The molecule has 0 spiro atoms. The average molecular weight is 398 g/mol. The standard InChI is InChI=1S/C21H26N4O4/c1-15-8-4-5-10-17(15)24-19-16(9-6-11-18(19)29-3)14-23-25-21(27)20(26)22-12-7-13-28-2/h4-6,8-11,14,24H,7,12-13H2,1-3H3,(H,22,26)(H,25,27)/b23-14-. The molecule has 0 radical (unpaired) electrons. The van der Waals surface area contributed by atoms with Gasteiger partial charge in [-0.15, -0.1) is 0 Å². The number of methoxy groups -OCH3 is 2. The highest BCUT2D eigenvalue weighted by Crippen LogP contribution is 2.31. The predicted molar refractivity (Wildman–Crippen MR) is 113 cm³/mol. The third-order valence-corrected chi connectivity index (χ3v) is 4.07. The van der Waals surface area contributed by atoms with Gasteiger partial charge < -0.3 is 20.1 Å². The summed E-state index contributed by atoms with van der Waals surface area (Å²) < 4.78 is 10.3. The van der Waals surface area contributed by atoms with Gasteiger partial charge in [-0.2, -0.15) is 5.10 Å². The van der Waals surface area contributed by atoms with Gasteiger partial charge in [-0.1, -0.05) is 30.3 Å². The second-order valence-corrected chi connectivity index (χ2v) is 6.17. The van der Waals surface area contributed by atoms with E-state index in [0.29, 0.717) is 36.6 Å².